The van der Waals surface area contributed by atoms with Crippen LogP contribution in [0.15, 0.2) is 12.8 Å². The number of rotatable bonds is 1. The van der Waals surface area contributed by atoms with Crippen LogP contribution in [0.5, 0.6) is 0 Å². The van der Waals surface area contributed by atoms with Gasteiger partial charge in [-0.25, -0.2) is 0 Å². The van der Waals surface area contributed by atoms with Crippen LogP contribution in [0.25, 0.3) is 0 Å². The van der Waals surface area contributed by atoms with Crippen LogP contribution < -0.4 is 0 Å². The first-order valence-electron chi connectivity index (χ1n) is 7.34. The van der Waals surface area contributed by atoms with Gasteiger partial charge in [0.15, 0.2) is 0 Å². The highest BCUT2D eigenvalue weighted by atomic mass is 16.3. The Balaban J connectivity index is 0. The molecule has 0 aromatic rings. The van der Waals surface area contributed by atoms with Gasteiger partial charge < -0.3 is 10.0 Å². The van der Waals surface area contributed by atoms with Crippen molar-refractivity contribution in [2.24, 2.45) is 11.8 Å². The van der Waals surface area contributed by atoms with Crippen molar-refractivity contribution in [2.45, 2.75) is 60.5 Å². The molecule has 0 aromatic carbocycles. The van der Waals surface area contributed by atoms with E-state index in [0.29, 0.717) is 0 Å². The molecule has 104 valence electrons. The molecule has 1 aliphatic carbocycles. The summed E-state index contributed by atoms with van der Waals surface area (Å²) in [5.74, 6) is 1.48. The quantitative estimate of drug-likeness (QED) is 0.755. The van der Waals surface area contributed by atoms with Crippen LogP contribution >= 0.6 is 0 Å². The first kappa shape index (κ1) is 18.9. The van der Waals surface area contributed by atoms with Crippen LogP contribution in [0.4, 0.5) is 0 Å². The lowest BCUT2D eigenvalue weighted by molar-refractivity contribution is 0.167. The van der Waals surface area contributed by atoms with Crippen molar-refractivity contribution in [2.75, 3.05) is 13.1 Å². The molecule has 2 aliphatic rings. The first-order chi connectivity index (χ1) is 8.29. The van der Waals surface area contributed by atoms with Gasteiger partial charge >= 0.3 is 0 Å². The molecule has 1 aliphatic heterocycles. The number of aliphatic hydroxyl groups is 1. The van der Waals surface area contributed by atoms with Gasteiger partial charge in [-0.15, -0.1) is 0 Å². The second-order valence-electron chi connectivity index (χ2n) is 3.78. The van der Waals surface area contributed by atoms with E-state index >= 15 is 0 Å². The number of hydrogen-bond acceptors (Lipinski definition) is 2. The molecule has 0 spiro atoms. The minimum atomic E-state index is -0.0167. The number of nitrogens with zero attached hydrogens (tertiary/aromatic N) is 1. The van der Waals surface area contributed by atoms with E-state index in [0.717, 1.165) is 37.8 Å². The maximum atomic E-state index is 9.35. The van der Waals surface area contributed by atoms with E-state index in [-0.39, 0.29) is 6.10 Å². The second kappa shape index (κ2) is 12.0. The van der Waals surface area contributed by atoms with E-state index in [1.165, 1.54) is 0 Å². The maximum absolute atomic E-state index is 9.35. The van der Waals surface area contributed by atoms with Crippen LogP contribution in [0.2, 0.25) is 0 Å². The van der Waals surface area contributed by atoms with E-state index in [9.17, 15) is 5.11 Å². The predicted molar refractivity (Wildman–Crippen MR) is 78.0 cm³/mol. The highest BCUT2D eigenvalue weighted by Crippen LogP contribution is 2.37. The van der Waals surface area contributed by atoms with Crippen LogP contribution in [-0.4, -0.2) is 29.2 Å². The molecule has 1 unspecified atom stereocenters. The Bertz CT molecular complexity index is 156. The van der Waals surface area contributed by atoms with Gasteiger partial charge in [0.25, 0.3) is 0 Å². The molecular weight excluding hydrogens is 210 g/mol. The van der Waals surface area contributed by atoms with Gasteiger partial charge in [0.1, 0.15) is 0 Å². The number of fused-ring (bicyclic) bond motifs is 1. The molecule has 17 heavy (non-hydrogen) atoms. The van der Waals surface area contributed by atoms with Crippen LogP contribution in [0.3, 0.4) is 0 Å². The van der Waals surface area contributed by atoms with E-state index in [2.05, 4.69) is 11.5 Å². The molecule has 1 N–H and O–H groups in total. The molecule has 3 atom stereocenters. The van der Waals surface area contributed by atoms with Crippen LogP contribution in [-0.2, 0) is 0 Å². The monoisotopic (exact) mass is 243 g/mol. The fraction of sp³-hybridized carbons (Fsp3) is 0.867. The highest BCUT2D eigenvalue weighted by Gasteiger charge is 2.38. The van der Waals surface area contributed by atoms with Gasteiger partial charge in [-0.3, -0.25) is 0 Å². The Morgan fingerprint density at radius 2 is 1.29 bits per heavy atom. The van der Waals surface area contributed by atoms with E-state index < -0.39 is 0 Å². The molecular formula is C15H33NO. The molecule has 2 nitrogen and oxygen atoms in total. The smallest absolute Gasteiger partial charge is 0.0547 e. The summed E-state index contributed by atoms with van der Waals surface area (Å²) in [4.78, 5) is 2.27. The van der Waals surface area contributed by atoms with Crippen LogP contribution in [0, 0.1) is 11.8 Å². The fourth-order valence-electron chi connectivity index (χ4n) is 2.45. The van der Waals surface area contributed by atoms with Gasteiger partial charge in [0, 0.05) is 13.1 Å². The van der Waals surface area contributed by atoms with Gasteiger partial charge in [-0.1, -0.05) is 48.1 Å². The highest BCUT2D eigenvalue weighted by molar-refractivity contribution is 4.94. The lowest BCUT2D eigenvalue weighted by atomic mass is 10.0. The second-order valence-corrected chi connectivity index (χ2v) is 3.78. The zero-order valence-electron chi connectivity index (χ0n) is 12.7. The zero-order chi connectivity index (χ0) is 13.8. The standard InChI is InChI=1S/C9H15NO.3C2H6/c1-2-10-5-7-3-9(11)4-8(7)6-10;3*1-2/h2,7-9,11H,1,3-6H2;3*1-2H3/t7-,8+,9?;;;. The molecule has 0 aromatic heterocycles. The van der Waals surface area contributed by atoms with Crippen molar-refractivity contribution in [1.82, 2.24) is 4.90 Å². The molecule has 2 heteroatoms. The Hall–Kier alpha value is -0.500. The summed E-state index contributed by atoms with van der Waals surface area (Å²) >= 11 is 0. The van der Waals surface area contributed by atoms with E-state index in [1.807, 2.05) is 47.7 Å². The van der Waals surface area contributed by atoms with Crippen LogP contribution in [0.1, 0.15) is 54.4 Å². The number of aliphatic hydroxyl groups excluding tert-OH is 1. The Morgan fingerprint density at radius 1 is 0.941 bits per heavy atom. The van der Waals surface area contributed by atoms with E-state index in [4.69, 9.17) is 0 Å². The average molecular weight is 243 g/mol. The van der Waals surface area contributed by atoms with Crippen molar-refractivity contribution in [3.63, 3.8) is 0 Å². The summed E-state index contributed by atoms with van der Waals surface area (Å²) in [5, 5.41) is 9.35. The van der Waals surface area contributed by atoms with Crippen molar-refractivity contribution in [3.8, 4) is 0 Å². The van der Waals surface area contributed by atoms with Crippen molar-refractivity contribution < 1.29 is 5.11 Å². The molecule has 2 rings (SSSR count). The average Bonchev–Trinajstić information content (AvgIpc) is 2.93. The summed E-state index contributed by atoms with van der Waals surface area (Å²) < 4.78 is 0. The minimum absolute atomic E-state index is 0.0167. The lowest BCUT2D eigenvalue weighted by Crippen LogP contribution is -2.16. The largest absolute Gasteiger partial charge is 0.393 e. The van der Waals surface area contributed by atoms with Crippen molar-refractivity contribution in [1.29, 1.82) is 0 Å². The summed E-state index contributed by atoms with van der Waals surface area (Å²) in [6, 6.07) is 0. The fourth-order valence-corrected chi connectivity index (χ4v) is 2.45. The normalized spacial score (nSPS) is 28.6. The van der Waals surface area contributed by atoms with Crippen molar-refractivity contribution in [3.05, 3.63) is 12.8 Å². The third kappa shape index (κ3) is 6.11. The van der Waals surface area contributed by atoms with Gasteiger partial charge in [0.2, 0.25) is 0 Å². The Morgan fingerprint density at radius 3 is 1.59 bits per heavy atom. The minimum Gasteiger partial charge on any atom is -0.393 e. The predicted octanol–water partition coefficient (Wildman–Crippen LogP) is 3.91. The summed E-state index contributed by atoms with van der Waals surface area (Å²) in [7, 11) is 0. The SMILES string of the molecule is C=CN1C[C@H]2CC(O)C[C@H]2C1.CC.CC.CC. The van der Waals surface area contributed by atoms with E-state index in [1.54, 1.807) is 0 Å². The maximum Gasteiger partial charge on any atom is 0.0547 e. The van der Waals surface area contributed by atoms with Gasteiger partial charge in [-0.2, -0.15) is 0 Å². The molecule has 2 fully saturated rings. The number of hydrogen-bond donors (Lipinski definition) is 1. The Kier molecular flexibility index (Phi) is 13.3. The Labute approximate surface area is 109 Å². The molecule has 1 heterocycles. The third-order valence-electron chi connectivity index (χ3n) is 3.01. The van der Waals surface area contributed by atoms with Crippen molar-refractivity contribution >= 4 is 0 Å². The summed E-state index contributed by atoms with van der Waals surface area (Å²) in [6.07, 6.45) is 3.92. The number of likely N-dealkylation sites (tertiary alicyclic amines) is 1. The molecule has 0 radical (unpaired) electrons. The molecule has 0 amide bonds. The summed E-state index contributed by atoms with van der Waals surface area (Å²) in [6.45, 7) is 18.0. The first-order valence-corrected chi connectivity index (χ1v) is 7.34. The third-order valence-corrected chi connectivity index (χ3v) is 3.01. The summed E-state index contributed by atoms with van der Waals surface area (Å²) in [5.41, 5.74) is 0. The topological polar surface area (TPSA) is 23.5 Å². The van der Waals surface area contributed by atoms with Gasteiger partial charge in [-0.05, 0) is 30.9 Å². The molecule has 0 bridgehead atoms. The lowest BCUT2D eigenvalue weighted by Gasteiger charge is -2.13. The van der Waals surface area contributed by atoms with Gasteiger partial charge in [0.05, 0.1) is 6.10 Å². The molecule has 1 saturated carbocycles. The zero-order valence-corrected chi connectivity index (χ0v) is 12.7. The molecule has 1 saturated heterocycles.